The van der Waals surface area contributed by atoms with E-state index < -0.39 is 22.7 Å². The van der Waals surface area contributed by atoms with E-state index in [9.17, 15) is 22.2 Å². The van der Waals surface area contributed by atoms with Crippen LogP contribution >= 0.6 is 0 Å². The summed E-state index contributed by atoms with van der Waals surface area (Å²) in [6, 6.07) is 17.6. The predicted molar refractivity (Wildman–Crippen MR) is 178 cm³/mol. The Morgan fingerprint density at radius 2 is 1.59 bits per heavy atom. The van der Waals surface area contributed by atoms with Crippen molar-refractivity contribution < 1.29 is 27.3 Å². The molecule has 3 aromatic rings. The Balaban J connectivity index is 0.000000533. The summed E-state index contributed by atoms with van der Waals surface area (Å²) < 4.78 is 52.8. The van der Waals surface area contributed by atoms with Crippen LogP contribution in [0.4, 0.5) is 18.9 Å². The molecule has 0 aliphatic carbocycles. The van der Waals surface area contributed by atoms with E-state index in [1.54, 1.807) is 50.2 Å². The van der Waals surface area contributed by atoms with Crippen LogP contribution in [0.2, 0.25) is 0 Å². The SMILES string of the molecule is CC(=O)C(/C=C(\C)NS(C)=O)=Nc1ccc(-c2cccc(C(F)(F)F)c2)cc1C.CCC.CCC(C)Cc1ccc(O)cc1. The van der Waals surface area contributed by atoms with Crippen molar-refractivity contribution in [2.24, 2.45) is 10.9 Å². The number of halogens is 3. The molecule has 0 spiro atoms. The molecule has 3 aromatic carbocycles. The highest BCUT2D eigenvalue weighted by Gasteiger charge is 2.30. The van der Waals surface area contributed by atoms with Gasteiger partial charge in [-0.3, -0.25) is 4.79 Å². The van der Waals surface area contributed by atoms with Gasteiger partial charge in [0.05, 0.1) is 11.3 Å². The molecule has 0 aliphatic rings. The van der Waals surface area contributed by atoms with Crippen molar-refractivity contribution in [3.05, 3.63) is 95.2 Å². The summed E-state index contributed by atoms with van der Waals surface area (Å²) >= 11 is 0. The predicted octanol–water partition coefficient (Wildman–Crippen LogP) is 9.53. The molecular formula is C35H45F3N2O3S. The van der Waals surface area contributed by atoms with Crippen molar-refractivity contribution in [2.75, 3.05) is 6.26 Å². The minimum absolute atomic E-state index is 0.176. The molecule has 0 aliphatic heterocycles. The molecule has 0 bridgehead atoms. The van der Waals surface area contributed by atoms with E-state index >= 15 is 0 Å². The summed E-state index contributed by atoms with van der Waals surface area (Å²) in [4.78, 5) is 16.3. The van der Waals surface area contributed by atoms with E-state index in [2.05, 4.69) is 37.4 Å². The zero-order chi connectivity index (χ0) is 33.4. The Labute approximate surface area is 262 Å². The average Bonchev–Trinajstić information content (AvgIpc) is 2.94. The molecule has 9 heteroatoms. The van der Waals surface area contributed by atoms with Crippen LogP contribution < -0.4 is 4.72 Å². The first-order valence-corrected chi connectivity index (χ1v) is 16.1. The van der Waals surface area contributed by atoms with Crippen LogP contribution in [0.5, 0.6) is 5.75 Å². The number of aliphatic imine (C=N–C) groups is 1. The number of phenolic OH excluding ortho intramolecular Hbond substituents is 1. The van der Waals surface area contributed by atoms with Gasteiger partial charge in [0.1, 0.15) is 22.4 Å². The van der Waals surface area contributed by atoms with Gasteiger partial charge in [0.2, 0.25) is 0 Å². The Bertz CT molecular complexity index is 1430. The van der Waals surface area contributed by atoms with E-state index in [1.807, 2.05) is 12.1 Å². The molecule has 44 heavy (non-hydrogen) atoms. The number of hydrogen-bond acceptors (Lipinski definition) is 4. The number of ketones is 1. The van der Waals surface area contributed by atoms with Gasteiger partial charge < -0.3 is 9.83 Å². The second-order valence-corrected chi connectivity index (χ2v) is 11.7. The third-order valence-electron chi connectivity index (χ3n) is 6.20. The molecule has 0 heterocycles. The number of aryl methyl sites for hydroxylation is 1. The van der Waals surface area contributed by atoms with Gasteiger partial charge in [0.25, 0.3) is 0 Å². The number of nitrogens with zero attached hydrogens (tertiary/aromatic N) is 1. The van der Waals surface area contributed by atoms with Crippen LogP contribution in [0.1, 0.15) is 71.1 Å². The molecular weight excluding hydrogens is 585 g/mol. The van der Waals surface area contributed by atoms with Crippen molar-refractivity contribution in [1.29, 1.82) is 0 Å². The number of carbonyl (C=O) groups is 1. The molecule has 5 nitrogen and oxygen atoms in total. The summed E-state index contributed by atoms with van der Waals surface area (Å²) in [5.74, 6) is 0.812. The number of nitrogens with one attached hydrogen (secondary N) is 1. The summed E-state index contributed by atoms with van der Waals surface area (Å²) in [5.41, 5.74) is 3.58. The number of alkyl halides is 3. The molecule has 240 valence electrons. The van der Waals surface area contributed by atoms with Crippen LogP contribution in [0.15, 0.2) is 83.5 Å². The monoisotopic (exact) mass is 630 g/mol. The molecule has 0 amide bonds. The molecule has 0 radical (unpaired) electrons. The van der Waals surface area contributed by atoms with E-state index in [0.29, 0.717) is 33.8 Å². The zero-order valence-electron chi connectivity index (χ0n) is 26.9. The maximum atomic E-state index is 13.0. The van der Waals surface area contributed by atoms with Gasteiger partial charge in [-0.25, -0.2) is 9.20 Å². The van der Waals surface area contributed by atoms with E-state index in [1.165, 1.54) is 43.7 Å². The quantitative estimate of drug-likeness (QED) is 0.231. The van der Waals surface area contributed by atoms with Crippen LogP contribution in [0.3, 0.4) is 0 Å². The summed E-state index contributed by atoms with van der Waals surface area (Å²) in [7, 11) is -1.27. The van der Waals surface area contributed by atoms with Gasteiger partial charge in [0.15, 0.2) is 5.78 Å². The summed E-state index contributed by atoms with van der Waals surface area (Å²) in [6.07, 6.45) is 2.13. The Morgan fingerprint density at radius 1 is 1.00 bits per heavy atom. The summed E-state index contributed by atoms with van der Waals surface area (Å²) in [5, 5.41) is 9.05. The first-order valence-electron chi connectivity index (χ1n) is 14.5. The van der Waals surface area contributed by atoms with Crippen LogP contribution in [0, 0.1) is 12.8 Å². The van der Waals surface area contributed by atoms with Gasteiger partial charge in [-0.05, 0) is 90.9 Å². The molecule has 0 saturated carbocycles. The number of phenols is 1. The Hall–Kier alpha value is -3.72. The van der Waals surface area contributed by atoms with Crippen molar-refractivity contribution in [1.82, 2.24) is 4.72 Å². The third kappa shape index (κ3) is 14.2. The number of aromatic hydroxyl groups is 1. The number of carbonyl (C=O) groups excluding carboxylic acids is 1. The molecule has 2 atom stereocenters. The maximum absolute atomic E-state index is 13.0. The first-order chi connectivity index (χ1) is 20.6. The second-order valence-electron chi connectivity index (χ2n) is 10.6. The van der Waals surface area contributed by atoms with E-state index in [4.69, 9.17) is 5.11 Å². The third-order valence-corrected chi connectivity index (χ3v) is 6.81. The molecule has 0 fully saturated rings. The molecule has 2 N–H and O–H groups in total. The second kappa shape index (κ2) is 18.8. The highest BCUT2D eigenvalue weighted by molar-refractivity contribution is 7.82. The van der Waals surface area contributed by atoms with Gasteiger partial charge in [-0.1, -0.05) is 70.9 Å². The van der Waals surface area contributed by atoms with Gasteiger partial charge in [-0.2, -0.15) is 13.2 Å². The molecule has 0 aromatic heterocycles. The highest BCUT2D eigenvalue weighted by atomic mass is 32.2. The maximum Gasteiger partial charge on any atom is 0.416 e. The highest BCUT2D eigenvalue weighted by Crippen LogP contribution is 2.33. The van der Waals surface area contributed by atoms with Gasteiger partial charge in [0, 0.05) is 18.9 Å². The minimum atomic E-state index is -4.41. The smallest absolute Gasteiger partial charge is 0.416 e. The lowest BCUT2D eigenvalue weighted by molar-refractivity contribution is -0.137. The Kier molecular flexibility index (Phi) is 16.4. The van der Waals surface area contributed by atoms with Gasteiger partial charge in [-0.15, -0.1) is 0 Å². The van der Waals surface area contributed by atoms with Crippen molar-refractivity contribution in [3.8, 4) is 16.9 Å². The summed E-state index contributed by atoms with van der Waals surface area (Å²) in [6.45, 7) is 13.5. The fourth-order valence-corrected chi connectivity index (χ4v) is 4.33. The number of benzene rings is 3. The van der Waals surface area contributed by atoms with Crippen LogP contribution in [0.25, 0.3) is 11.1 Å². The standard InChI is InChI=1S/C21H21F3N2O2S.C11H16O.C3H8/c1-13-10-17(16-6-5-7-18(12-16)21(22,23)24)8-9-19(13)25-20(15(3)27)11-14(2)26-29(4)28;1-3-9(2)8-10-4-6-11(12)7-5-10;1-3-2/h5-12,26H,1-4H3;4-7,9,12H,3,8H2,1-2H3;3H2,1-2H3/b14-11+,25-20?;;. The van der Waals surface area contributed by atoms with Crippen molar-refractivity contribution in [2.45, 2.75) is 73.9 Å². The molecule has 0 saturated heterocycles. The first kappa shape index (κ1) is 38.3. The molecule has 2 unspecified atom stereocenters. The number of Topliss-reactive ketones (excluding diaryl/α,β-unsaturated/α-hetero) is 1. The lowest BCUT2D eigenvalue weighted by Crippen LogP contribution is -2.16. The zero-order valence-corrected chi connectivity index (χ0v) is 27.7. The lowest BCUT2D eigenvalue weighted by Gasteiger charge is -2.10. The number of rotatable bonds is 9. The van der Waals surface area contributed by atoms with E-state index in [-0.39, 0.29) is 11.5 Å². The number of allylic oxidation sites excluding steroid dienone is 2. The molecule has 3 rings (SSSR count). The fourth-order valence-electron chi connectivity index (χ4n) is 3.82. The van der Waals surface area contributed by atoms with Crippen molar-refractivity contribution in [3.63, 3.8) is 0 Å². The Morgan fingerprint density at radius 3 is 2.09 bits per heavy atom. The number of hydrogen-bond donors (Lipinski definition) is 2. The average molecular weight is 631 g/mol. The largest absolute Gasteiger partial charge is 0.508 e. The normalized spacial score (nSPS) is 13.1. The van der Waals surface area contributed by atoms with Crippen LogP contribution in [-0.2, 0) is 28.4 Å². The minimum Gasteiger partial charge on any atom is -0.508 e. The topological polar surface area (TPSA) is 78.8 Å². The lowest BCUT2D eigenvalue weighted by atomic mass is 9.99. The van der Waals surface area contributed by atoms with Gasteiger partial charge >= 0.3 is 6.18 Å². The van der Waals surface area contributed by atoms with E-state index in [0.717, 1.165) is 24.5 Å². The van der Waals surface area contributed by atoms with Crippen LogP contribution in [-0.4, -0.2) is 27.1 Å². The van der Waals surface area contributed by atoms with Crippen molar-refractivity contribution >= 4 is 28.2 Å². The fraction of sp³-hybridized carbons (Fsp3) is 0.371.